The fourth-order valence-corrected chi connectivity index (χ4v) is 4.33. The summed E-state index contributed by atoms with van der Waals surface area (Å²) in [6.45, 7) is 4.29. The third kappa shape index (κ3) is 4.44. The first-order valence-corrected chi connectivity index (χ1v) is 10.6. The van der Waals surface area contributed by atoms with Gasteiger partial charge in [-0.1, -0.05) is 18.2 Å². The molecule has 0 aromatic heterocycles. The predicted octanol–water partition coefficient (Wildman–Crippen LogP) is 4.75. The van der Waals surface area contributed by atoms with E-state index in [0.29, 0.717) is 18.5 Å². The number of amides is 2. The Hall–Kier alpha value is -3.01. The Labute approximate surface area is 194 Å². The molecule has 0 saturated carbocycles. The fraction of sp³-hybridized carbons (Fsp3) is 0.348. The summed E-state index contributed by atoms with van der Waals surface area (Å²) >= 11 is 5.45. The van der Waals surface area contributed by atoms with Crippen LogP contribution in [0.3, 0.4) is 0 Å². The number of hydrogen-bond donors (Lipinski definition) is 1. The van der Waals surface area contributed by atoms with Gasteiger partial charge in [0.2, 0.25) is 5.91 Å². The molecule has 1 heterocycles. The molecule has 2 aromatic carbocycles. The molecule has 10 heteroatoms. The first-order valence-electron chi connectivity index (χ1n) is 10.1. The largest absolute Gasteiger partial charge is 0.419 e. The van der Waals surface area contributed by atoms with Gasteiger partial charge in [-0.15, -0.1) is 0 Å². The molecule has 0 bridgehead atoms. The highest BCUT2D eigenvalue weighted by Gasteiger charge is 2.51. The maximum absolute atomic E-state index is 15.0. The second-order valence-corrected chi connectivity index (χ2v) is 8.61. The normalized spacial score (nSPS) is 15.9. The van der Waals surface area contributed by atoms with Crippen molar-refractivity contribution in [2.75, 3.05) is 16.8 Å². The zero-order valence-corrected chi connectivity index (χ0v) is 19.3. The fourth-order valence-electron chi connectivity index (χ4n) is 3.82. The molecule has 5 nitrogen and oxygen atoms in total. The lowest BCUT2D eigenvalue weighted by Crippen LogP contribution is -2.44. The maximum Gasteiger partial charge on any atom is 0.419 e. The van der Waals surface area contributed by atoms with Crippen LogP contribution in [0.1, 0.15) is 37.0 Å². The van der Waals surface area contributed by atoms with E-state index in [0.717, 1.165) is 29.5 Å². The summed E-state index contributed by atoms with van der Waals surface area (Å²) in [5.41, 5.74) is -2.12. The summed E-state index contributed by atoms with van der Waals surface area (Å²) in [5.74, 6) is -2.28. The Morgan fingerprint density at radius 1 is 1.12 bits per heavy atom. The molecule has 1 fully saturated rings. The lowest BCUT2D eigenvalue weighted by atomic mass is 10.0. The number of nitrogens with zero attached hydrogens (tertiary/aromatic N) is 2. The van der Waals surface area contributed by atoms with Gasteiger partial charge in [0.1, 0.15) is 5.54 Å². The Balaban J connectivity index is 1.98. The van der Waals surface area contributed by atoms with Gasteiger partial charge in [0.25, 0.3) is 5.91 Å². The number of carbonyl (C=O) groups is 2. The number of halogens is 4. The zero-order valence-electron chi connectivity index (χ0n) is 18.5. The SMILES string of the molecule is CNC(=O)CCc1ccc(N2C(=S)N(c3ccc(C)c(C(F)(F)F)c3F)C(=O)C2(C)C)cc1. The molecule has 0 unspecified atom stereocenters. The third-order valence-electron chi connectivity index (χ3n) is 5.64. The average molecular weight is 482 g/mol. The number of anilines is 2. The van der Waals surface area contributed by atoms with Crippen molar-refractivity contribution in [2.45, 2.75) is 45.3 Å². The van der Waals surface area contributed by atoms with Crippen molar-refractivity contribution in [1.82, 2.24) is 5.32 Å². The van der Waals surface area contributed by atoms with Crippen LogP contribution in [0.5, 0.6) is 0 Å². The predicted molar refractivity (Wildman–Crippen MR) is 122 cm³/mol. The lowest BCUT2D eigenvalue weighted by Gasteiger charge is -2.29. The van der Waals surface area contributed by atoms with E-state index in [1.54, 1.807) is 45.2 Å². The van der Waals surface area contributed by atoms with Gasteiger partial charge in [-0.05, 0) is 68.7 Å². The van der Waals surface area contributed by atoms with Gasteiger partial charge >= 0.3 is 6.18 Å². The first-order chi connectivity index (χ1) is 15.3. The summed E-state index contributed by atoms with van der Waals surface area (Å²) < 4.78 is 55.3. The molecule has 176 valence electrons. The van der Waals surface area contributed by atoms with Crippen LogP contribution in [-0.4, -0.2) is 29.5 Å². The molecule has 0 radical (unpaired) electrons. The average Bonchev–Trinajstić information content (AvgIpc) is 2.90. The van der Waals surface area contributed by atoms with Gasteiger partial charge in [-0.3, -0.25) is 14.5 Å². The smallest absolute Gasteiger partial charge is 0.359 e. The molecule has 1 aliphatic rings. The van der Waals surface area contributed by atoms with Crippen molar-refractivity contribution in [3.05, 3.63) is 58.9 Å². The minimum atomic E-state index is -4.92. The van der Waals surface area contributed by atoms with Crippen LogP contribution in [-0.2, 0) is 22.2 Å². The Bertz CT molecular complexity index is 1110. The molecule has 0 aliphatic carbocycles. The second-order valence-electron chi connectivity index (χ2n) is 8.25. The van der Waals surface area contributed by atoms with Gasteiger partial charge in [0.15, 0.2) is 10.9 Å². The van der Waals surface area contributed by atoms with Gasteiger partial charge < -0.3 is 10.2 Å². The van der Waals surface area contributed by atoms with E-state index >= 15 is 4.39 Å². The van der Waals surface area contributed by atoms with E-state index in [-0.39, 0.29) is 16.6 Å². The number of aryl methyl sites for hydroxylation is 2. The van der Waals surface area contributed by atoms with Crippen LogP contribution in [0, 0.1) is 12.7 Å². The van der Waals surface area contributed by atoms with E-state index in [2.05, 4.69) is 5.32 Å². The number of rotatable bonds is 5. The molecule has 33 heavy (non-hydrogen) atoms. The number of nitrogens with one attached hydrogen (secondary N) is 1. The molecule has 1 aliphatic heterocycles. The molecule has 2 amide bonds. The van der Waals surface area contributed by atoms with Crippen molar-refractivity contribution in [1.29, 1.82) is 0 Å². The summed E-state index contributed by atoms with van der Waals surface area (Å²) in [4.78, 5) is 27.0. The number of hydrogen-bond acceptors (Lipinski definition) is 3. The third-order valence-corrected chi connectivity index (χ3v) is 6.00. The molecule has 1 N–H and O–H groups in total. The highest BCUT2D eigenvalue weighted by atomic mass is 32.1. The van der Waals surface area contributed by atoms with Crippen molar-refractivity contribution in [3.8, 4) is 0 Å². The number of carbonyl (C=O) groups excluding carboxylic acids is 2. The van der Waals surface area contributed by atoms with E-state index in [1.807, 2.05) is 0 Å². The Kier molecular flexibility index (Phi) is 6.52. The number of thiocarbonyl (C=S) groups is 1. The van der Waals surface area contributed by atoms with Gasteiger partial charge in [0, 0.05) is 19.2 Å². The molecule has 0 spiro atoms. The van der Waals surface area contributed by atoms with Gasteiger partial charge in [-0.2, -0.15) is 13.2 Å². The molecular formula is C23H23F4N3O2S. The first kappa shape index (κ1) is 24.6. The van der Waals surface area contributed by atoms with Crippen LogP contribution in [0.4, 0.5) is 28.9 Å². The Morgan fingerprint density at radius 3 is 2.27 bits per heavy atom. The Morgan fingerprint density at radius 2 is 1.73 bits per heavy atom. The van der Waals surface area contributed by atoms with Gasteiger partial charge in [0.05, 0.1) is 11.3 Å². The van der Waals surface area contributed by atoms with Crippen LogP contribution < -0.4 is 15.1 Å². The van der Waals surface area contributed by atoms with Crippen molar-refractivity contribution >= 4 is 40.5 Å². The van der Waals surface area contributed by atoms with E-state index in [9.17, 15) is 22.8 Å². The standard InChI is InChI=1S/C23H23F4N3O2S/c1-13-5-11-16(19(24)18(13)23(25,26)27)29-20(32)22(2,3)30(21(29)33)15-9-6-14(7-10-15)8-12-17(31)28-4/h5-7,9-11H,8,12H2,1-4H3,(H,28,31). The highest BCUT2D eigenvalue weighted by Crippen LogP contribution is 2.41. The summed E-state index contributed by atoms with van der Waals surface area (Å²) in [7, 11) is 1.55. The minimum absolute atomic E-state index is 0.0967. The van der Waals surface area contributed by atoms with Crippen molar-refractivity contribution in [2.24, 2.45) is 0 Å². The molecular weight excluding hydrogens is 458 g/mol. The monoisotopic (exact) mass is 481 g/mol. The number of benzene rings is 2. The van der Waals surface area contributed by atoms with Crippen LogP contribution in [0.15, 0.2) is 36.4 Å². The van der Waals surface area contributed by atoms with Crippen molar-refractivity contribution < 1.29 is 27.2 Å². The van der Waals surface area contributed by atoms with Gasteiger partial charge in [-0.25, -0.2) is 4.39 Å². The highest BCUT2D eigenvalue weighted by molar-refractivity contribution is 7.81. The van der Waals surface area contributed by atoms with Crippen LogP contribution in [0.2, 0.25) is 0 Å². The quantitative estimate of drug-likeness (QED) is 0.495. The maximum atomic E-state index is 15.0. The summed E-state index contributed by atoms with van der Waals surface area (Å²) in [6, 6.07) is 9.21. The number of alkyl halides is 3. The second kappa shape index (κ2) is 8.74. The van der Waals surface area contributed by atoms with Crippen molar-refractivity contribution in [3.63, 3.8) is 0 Å². The lowest BCUT2D eigenvalue weighted by molar-refractivity contribution is -0.140. The van der Waals surface area contributed by atoms with Crippen LogP contribution >= 0.6 is 12.2 Å². The van der Waals surface area contributed by atoms with Crippen LogP contribution in [0.25, 0.3) is 0 Å². The zero-order chi connectivity index (χ0) is 24.7. The minimum Gasteiger partial charge on any atom is -0.359 e. The van der Waals surface area contributed by atoms with E-state index in [4.69, 9.17) is 12.2 Å². The summed E-state index contributed by atoms with van der Waals surface area (Å²) in [5, 5.41) is 2.42. The molecule has 3 rings (SSSR count). The molecule has 1 saturated heterocycles. The van der Waals surface area contributed by atoms with E-state index in [1.165, 1.54) is 4.90 Å². The molecule has 2 aromatic rings. The summed E-state index contributed by atoms with van der Waals surface area (Å²) in [6.07, 6.45) is -4.11. The topological polar surface area (TPSA) is 52.7 Å². The van der Waals surface area contributed by atoms with E-state index < -0.39 is 34.7 Å². The molecule has 0 atom stereocenters.